The number of aryl methyl sites for hydroxylation is 1. The third-order valence-corrected chi connectivity index (χ3v) is 1.65. The van der Waals surface area contributed by atoms with Crippen LogP contribution in [0.2, 0.25) is 0 Å². The maximum atomic E-state index is 11.2. The second-order valence-electron chi connectivity index (χ2n) is 2.51. The quantitative estimate of drug-likeness (QED) is 0.710. The van der Waals surface area contributed by atoms with Crippen LogP contribution in [-0.2, 0) is 0 Å². The highest BCUT2D eigenvalue weighted by Crippen LogP contribution is 2.02. The van der Waals surface area contributed by atoms with Gasteiger partial charge in [-0.15, -0.1) is 0 Å². The molecule has 0 saturated heterocycles. The van der Waals surface area contributed by atoms with Crippen LogP contribution < -0.4 is 10.3 Å². The molecule has 12 heavy (non-hydrogen) atoms. The van der Waals surface area contributed by atoms with Crippen molar-refractivity contribution in [3.05, 3.63) is 21.6 Å². The minimum atomic E-state index is -0.133. The van der Waals surface area contributed by atoms with Gasteiger partial charge in [0.1, 0.15) is 0 Å². The third-order valence-electron chi connectivity index (χ3n) is 1.65. The Balaban J connectivity index is 3.13. The van der Waals surface area contributed by atoms with E-state index in [2.05, 4.69) is 9.97 Å². The minimum Gasteiger partial charge on any atom is -0.465 e. The molecule has 1 N–H and O–H groups in total. The first-order valence-electron chi connectivity index (χ1n) is 3.85. The summed E-state index contributed by atoms with van der Waals surface area (Å²) in [5.41, 5.74) is 1.21. The van der Waals surface area contributed by atoms with E-state index in [4.69, 9.17) is 4.74 Å². The summed E-state index contributed by atoms with van der Waals surface area (Å²) < 4.78 is 5.06. The van der Waals surface area contributed by atoms with Crippen LogP contribution in [0.15, 0.2) is 4.79 Å². The average molecular weight is 168 g/mol. The Hall–Kier alpha value is -1.32. The Morgan fingerprint density at radius 3 is 2.67 bits per heavy atom. The van der Waals surface area contributed by atoms with Crippen LogP contribution >= 0.6 is 0 Å². The van der Waals surface area contributed by atoms with Gasteiger partial charge in [-0.05, 0) is 20.8 Å². The number of hydrogen-bond donors (Lipinski definition) is 1. The number of H-pyrrole nitrogens is 1. The van der Waals surface area contributed by atoms with Gasteiger partial charge in [-0.3, -0.25) is 9.78 Å². The normalized spacial score (nSPS) is 9.92. The van der Waals surface area contributed by atoms with Gasteiger partial charge in [0, 0.05) is 5.56 Å². The molecule has 1 heterocycles. The molecule has 4 nitrogen and oxygen atoms in total. The Bertz CT molecular complexity index is 330. The summed E-state index contributed by atoms with van der Waals surface area (Å²) >= 11 is 0. The number of rotatable bonds is 2. The lowest BCUT2D eigenvalue weighted by Crippen LogP contribution is -2.15. The zero-order valence-corrected chi connectivity index (χ0v) is 7.47. The van der Waals surface area contributed by atoms with Crippen LogP contribution in [0.1, 0.15) is 18.2 Å². The van der Waals surface area contributed by atoms with Crippen LogP contribution in [0.3, 0.4) is 0 Å². The van der Waals surface area contributed by atoms with E-state index in [1.165, 1.54) is 0 Å². The molecular formula is C8H12N2O2. The minimum absolute atomic E-state index is 0.133. The first-order valence-corrected chi connectivity index (χ1v) is 3.85. The van der Waals surface area contributed by atoms with Crippen LogP contribution in [0.5, 0.6) is 6.01 Å². The molecule has 0 radical (unpaired) electrons. The maximum absolute atomic E-state index is 11.2. The molecule has 0 spiro atoms. The molecule has 0 amide bonds. The molecule has 0 saturated carbocycles. The van der Waals surface area contributed by atoms with Gasteiger partial charge < -0.3 is 4.74 Å². The number of aromatic amines is 1. The molecule has 0 unspecified atom stereocenters. The number of hydrogen-bond acceptors (Lipinski definition) is 3. The van der Waals surface area contributed by atoms with Gasteiger partial charge in [0.25, 0.3) is 11.6 Å². The second kappa shape index (κ2) is 3.38. The van der Waals surface area contributed by atoms with Crippen molar-refractivity contribution in [2.45, 2.75) is 20.8 Å². The summed E-state index contributed by atoms with van der Waals surface area (Å²) in [6.45, 7) is 5.87. The molecule has 0 bridgehead atoms. The second-order valence-corrected chi connectivity index (χ2v) is 2.51. The zero-order valence-electron chi connectivity index (χ0n) is 7.47. The molecule has 1 aromatic heterocycles. The molecule has 0 aliphatic rings. The fourth-order valence-electron chi connectivity index (χ4n) is 0.824. The van der Waals surface area contributed by atoms with E-state index in [0.29, 0.717) is 23.9 Å². The molecule has 0 fully saturated rings. The fraction of sp³-hybridized carbons (Fsp3) is 0.500. The standard InChI is InChI=1S/C8H12N2O2/c1-4-12-8-9-6(3)5(2)7(11)10-8/h4H2,1-3H3,(H,9,10,11). The van der Waals surface area contributed by atoms with E-state index in [0.717, 1.165) is 0 Å². The highest BCUT2D eigenvalue weighted by Gasteiger charge is 2.02. The van der Waals surface area contributed by atoms with Crippen molar-refractivity contribution in [2.24, 2.45) is 0 Å². The summed E-state index contributed by atoms with van der Waals surface area (Å²) in [5.74, 6) is 0. The molecular weight excluding hydrogens is 156 g/mol. The largest absolute Gasteiger partial charge is 0.465 e. The molecule has 66 valence electrons. The summed E-state index contributed by atoms with van der Waals surface area (Å²) in [6, 6.07) is 0.297. The van der Waals surface area contributed by atoms with E-state index in [-0.39, 0.29) is 5.56 Å². The lowest BCUT2D eigenvalue weighted by Gasteiger charge is -2.03. The van der Waals surface area contributed by atoms with Gasteiger partial charge in [0.05, 0.1) is 12.3 Å². The van der Waals surface area contributed by atoms with E-state index in [1.807, 2.05) is 6.92 Å². The Labute approximate surface area is 70.6 Å². The van der Waals surface area contributed by atoms with E-state index < -0.39 is 0 Å². The van der Waals surface area contributed by atoms with Crippen LogP contribution in [0.4, 0.5) is 0 Å². The van der Waals surface area contributed by atoms with E-state index >= 15 is 0 Å². The van der Waals surface area contributed by atoms with Crippen molar-refractivity contribution in [2.75, 3.05) is 6.61 Å². The predicted molar refractivity (Wildman–Crippen MR) is 45.5 cm³/mol. The lowest BCUT2D eigenvalue weighted by molar-refractivity contribution is 0.310. The van der Waals surface area contributed by atoms with Gasteiger partial charge >= 0.3 is 0 Å². The molecule has 0 aliphatic heterocycles. The predicted octanol–water partition coefficient (Wildman–Crippen LogP) is 0.785. The smallest absolute Gasteiger partial charge is 0.296 e. The highest BCUT2D eigenvalue weighted by atomic mass is 16.5. The van der Waals surface area contributed by atoms with Crippen molar-refractivity contribution in [3.63, 3.8) is 0 Å². The average Bonchev–Trinajstić information content (AvgIpc) is 2.01. The monoisotopic (exact) mass is 168 g/mol. The number of nitrogens with zero attached hydrogens (tertiary/aromatic N) is 1. The maximum Gasteiger partial charge on any atom is 0.296 e. The fourth-order valence-corrected chi connectivity index (χ4v) is 0.824. The highest BCUT2D eigenvalue weighted by molar-refractivity contribution is 5.15. The summed E-state index contributed by atoms with van der Waals surface area (Å²) in [4.78, 5) is 17.7. The Morgan fingerprint density at radius 2 is 2.17 bits per heavy atom. The molecule has 4 heteroatoms. The van der Waals surface area contributed by atoms with Crippen molar-refractivity contribution in [1.82, 2.24) is 9.97 Å². The number of aromatic nitrogens is 2. The zero-order chi connectivity index (χ0) is 9.14. The number of nitrogens with one attached hydrogen (secondary N) is 1. The summed E-state index contributed by atoms with van der Waals surface area (Å²) in [5, 5.41) is 0. The summed E-state index contributed by atoms with van der Waals surface area (Å²) in [7, 11) is 0. The van der Waals surface area contributed by atoms with Crippen molar-refractivity contribution in [1.29, 1.82) is 0 Å². The first kappa shape index (κ1) is 8.77. The van der Waals surface area contributed by atoms with E-state index in [9.17, 15) is 4.79 Å². The Kier molecular flexibility index (Phi) is 2.47. The van der Waals surface area contributed by atoms with Crippen molar-refractivity contribution < 1.29 is 4.74 Å². The molecule has 0 atom stereocenters. The SMILES string of the molecule is CCOc1nc(C)c(C)c(=O)[nH]1. The van der Waals surface area contributed by atoms with Gasteiger partial charge in [0.15, 0.2) is 0 Å². The Morgan fingerprint density at radius 1 is 1.50 bits per heavy atom. The summed E-state index contributed by atoms with van der Waals surface area (Å²) in [6.07, 6.45) is 0. The van der Waals surface area contributed by atoms with Gasteiger partial charge in [0.2, 0.25) is 0 Å². The van der Waals surface area contributed by atoms with Gasteiger partial charge in [-0.2, -0.15) is 0 Å². The van der Waals surface area contributed by atoms with Crippen molar-refractivity contribution in [3.8, 4) is 6.01 Å². The van der Waals surface area contributed by atoms with E-state index in [1.54, 1.807) is 13.8 Å². The van der Waals surface area contributed by atoms with Crippen LogP contribution in [-0.4, -0.2) is 16.6 Å². The van der Waals surface area contributed by atoms with Crippen molar-refractivity contribution >= 4 is 0 Å². The third kappa shape index (κ3) is 1.64. The number of ether oxygens (including phenoxy) is 1. The van der Waals surface area contributed by atoms with Gasteiger partial charge in [-0.25, -0.2) is 4.98 Å². The first-order chi connectivity index (χ1) is 5.65. The van der Waals surface area contributed by atoms with Crippen LogP contribution in [0.25, 0.3) is 0 Å². The van der Waals surface area contributed by atoms with Crippen LogP contribution in [0, 0.1) is 13.8 Å². The molecule has 0 aromatic carbocycles. The lowest BCUT2D eigenvalue weighted by atomic mass is 10.3. The topological polar surface area (TPSA) is 55.0 Å². The molecule has 0 aliphatic carbocycles. The molecule has 1 aromatic rings. The molecule has 1 rings (SSSR count). The van der Waals surface area contributed by atoms with Gasteiger partial charge in [-0.1, -0.05) is 0 Å².